The summed E-state index contributed by atoms with van der Waals surface area (Å²) in [5.41, 5.74) is 6.73. The molecular weight excluding hydrogens is 486 g/mol. The number of benzene rings is 3. The third kappa shape index (κ3) is 4.56. The first kappa shape index (κ1) is 24.6. The lowest BCUT2D eigenvalue weighted by Gasteiger charge is -2.31. The number of nitrogens with one attached hydrogen (secondary N) is 1. The fraction of sp³-hybridized carbons (Fsp3) is 0.188. The molecule has 6 rings (SSSR count). The van der Waals surface area contributed by atoms with Gasteiger partial charge in [-0.05, 0) is 74.9 Å². The Morgan fingerprint density at radius 1 is 0.949 bits per heavy atom. The summed E-state index contributed by atoms with van der Waals surface area (Å²) in [4.78, 5) is 15.9. The number of amides is 2. The quantitative estimate of drug-likeness (QED) is 0.278. The number of nitrogens with zero attached hydrogens (tertiary/aromatic N) is 4. The molecule has 0 saturated heterocycles. The molecule has 7 heteroatoms. The summed E-state index contributed by atoms with van der Waals surface area (Å²) in [7, 11) is 0. The first-order valence-electron chi connectivity index (χ1n) is 13.2. The van der Waals surface area contributed by atoms with Gasteiger partial charge in [0.1, 0.15) is 11.6 Å². The topological polar surface area (TPSA) is 64.3 Å². The van der Waals surface area contributed by atoms with E-state index in [2.05, 4.69) is 22.1 Å². The molecule has 3 aromatic carbocycles. The molecule has 0 aliphatic carbocycles. The molecule has 7 nitrogen and oxygen atoms in total. The van der Waals surface area contributed by atoms with Crippen molar-refractivity contribution < 1.29 is 9.53 Å². The van der Waals surface area contributed by atoms with Crippen molar-refractivity contribution >= 4 is 11.7 Å². The SMILES string of the molecule is CCOc1ccc(C2c3cccn3-c3c(c(C)nn3-c3ccccc3)CN2C(=O)Nc2ccc(C)cc2)cc1. The van der Waals surface area contributed by atoms with Gasteiger partial charge in [0.05, 0.1) is 36.3 Å². The number of carbonyl (C=O) groups is 1. The van der Waals surface area contributed by atoms with Gasteiger partial charge in [0, 0.05) is 17.4 Å². The highest BCUT2D eigenvalue weighted by Gasteiger charge is 2.36. The number of aromatic nitrogens is 3. The number of aryl methyl sites for hydroxylation is 2. The highest BCUT2D eigenvalue weighted by molar-refractivity contribution is 5.90. The molecule has 1 aliphatic rings. The summed E-state index contributed by atoms with van der Waals surface area (Å²) in [6.45, 7) is 7.01. The molecule has 0 spiro atoms. The standard InChI is InChI=1S/C32H31N5O2/c1-4-39-27-18-14-24(15-19-27)30-29-11-8-20-35(29)31-28(23(3)34-37(31)26-9-6-5-7-10-26)21-36(30)32(38)33-25-16-12-22(2)13-17-25/h5-20,30H,4,21H2,1-3H3,(H,33,38). The number of para-hydroxylation sites is 1. The summed E-state index contributed by atoms with van der Waals surface area (Å²) < 4.78 is 9.85. The summed E-state index contributed by atoms with van der Waals surface area (Å²) in [6, 6.07) is 29.6. The van der Waals surface area contributed by atoms with Gasteiger partial charge in [0.15, 0.2) is 0 Å². The maximum atomic E-state index is 14.0. The number of hydrogen-bond acceptors (Lipinski definition) is 3. The monoisotopic (exact) mass is 517 g/mol. The second-order valence-electron chi connectivity index (χ2n) is 9.77. The van der Waals surface area contributed by atoms with E-state index in [-0.39, 0.29) is 12.1 Å². The van der Waals surface area contributed by atoms with E-state index in [1.54, 1.807) is 0 Å². The van der Waals surface area contributed by atoms with Crippen molar-refractivity contribution in [3.05, 3.63) is 125 Å². The zero-order chi connectivity index (χ0) is 26.9. The van der Waals surface area contributed by atoms with Gasteiger partial charge in [-0.3, -0.25) is 0 Å². The van der Waals surface area contributed by atoms with Crippen LogP contribution in [0.5, 0.6) is 5.75 Å². The maximum Gasteiger partial charge on any atom is 0.322 e. The third-order valence-corrected chi connectivity index (χ3v) is 7.16. The molecule has 196 valence electrons. The molecule has 3 heterocycles. The van der Waals surface area contributed by atoms with Gasteiger partial charge in [-0.1, -0.05) is 48.0 Å². The van der Waals surface area contributed by atoms with E-state index in [4.69, 9.17) is 9.84 Å². The Kier molecular flexibility index (Phi) is 6.40. The average Bonchev–Trinajstić information content (AvgIpc) is 3.51. The van der Waals surface area contributed by atoms with Crippen LogP contribution in [0.3, 0.4) is 0 Å². The second-order valence-corrected chi connectivity index (χ2v) is 9.77. The molecule has 2 amide bonds. The second kappa shape index (κ2) is 10.2. The maximum absolute atomic E-state index is 14.0. The normalized spacial score (nSPS) is 14.3. The number of urea groups is 1. The first-order chi connectivity index (χ1) is 19.0. The third-order valence-electron chi connectivity index (χ3n) is 7.16. The van der Waals surface area contributed by atoms with Crippen LogP contribution in [0.15, 0.2) is 97.2 Å². The lowest BCUT2D eigenvalue weighted by Crippen LogP contribution is -2.38. The van der Waals surface area contributed by atoms with Crippen LogP contribution in [0.2, 0.25) is 0 Å². The van der Waals surface area contributed by atoms with Gasteiger partial charge in [0.2, 0.25) is 0 Å². The van der Waals surface area contributed by atoms with Gasteiger partial charge in [-0.2, -0.15) is 5.10 Å². The summed E-state index contributed by atoms with van der Waals surface area (Å²) in [5.74, 6) is 1.75. The van der Waals surface area contributed by atoms with Crippen molar-refractivity contribution in [2.75, 3.05) is 11.9 Å². The molecule has 0 bridgehead atoms. The van der Waals surface area contributed by atoms with E-state index in [9.17, 15) is 4.79 Å². The van der Waals surface area contributed by atoms with Crippen molar-refractivity contribution in [1.82, 2.24) is 19.2 Å². The Morgan fingerprint density at radius 2 is 1.69 bits per heavy atom. The predicted molar refractivity (Wildman–Crippen MR) is 153 cm³/mol. The lowest BCUT2D eigenvalue weighted by atomic mass is 10.0. The van der Waals surface area contributed by atoms with Gasteiger partial charge >= 0.3 is 6.03 Å². The summed E-state index contributed by atoms with van der Waals surface area (Å²) in [6.07, 6.45) is 2.05. The Balaban J connectivity index is 1.50. The molecule has 5 aromatic rings. The van der Waals surface area contributed by atoms with Crippen LogP contribution < -0.4 is 10.1 Å². The van der Waals surface area contributed by atoms with Gasteiger partial charge in [0.25, 0.3) is 0 Å². The van der Waals surface area contributed by atoms with E-state index >= 15 is 0 Å². The van der Waals surface area contributed by atoms with Crippen LogP contribution in [0.25, 0.3) is 11.5 Å². The van der Waals surface area contributed by atoms with Crippen molar-refractivity contribution in [3.63, 3.8) is 0 Å². The molecule has 0 saturated carbocycles. The first-order valence-corrected chi connectivity index (χ1v) is 13.2. The van der Waals surface area contributed by atoms with E-state index in [0.29, 0.717) is 13.2 Å². The molecule has 0 radical (unpaired) electrons. The number of carbonyl (C=O) groups excluding carboxylic acids is 1. The molecule has 0 fully saturated rings. The van der Waals surface area contributed by atoms with Gasteiger partial charge < -0.3 is 19.5 Å². The van der Waals surface area contributed by atoms with E-state index in [1.807, 2.05) is 115 Å². The van der Waals surface area contributed by atoms with Crippen molar-refractivity contribution in [2.24, 2.45) is 0 Å². The van der Waals surface area contributed by atoms with Gasteiger partial charge in [-0.15, -0.1) is 0 Å². The van der Waals surface area contributed by atoms with Crippen molar-refractivity contribution in [3.8, 4) is 17.3 Å². The number of hydrogen-bond donors (Lipinski definition) is 1. The van der Waals surface area contributed by atoms with E-state index in [1.165, 1.54) is 0 Å². The van der Waals surface area contributed by atoms with E-state index in [0.717, 1.165) is 51.0 Å². The fourth-order valence-corrected chi connectivity index (χ4v) is 5.25. The van der Waals surface area contributed by atoms with Crippen LogP contribution in [-0.2, 0) is 6.54 Å². The average molecular weight is 518 g/mol. The molecule has 1 aliphatic heterocycles. The Morgan fingerprint density at radius 3 is 2.41 bits per heavy atom. The molecule has 1 atom stereocenters. The summed E-state index contributed by atoms with van der Waals surface area (Å²) in [5, 5.41) is 8.06. The van der Waals surface area contributed by atoms with Crippen molar-refractivity contribution in [1.29, 1.82) is 0 Å². The largest absolute Gasteiger partial charge is 0.494 e. The van der Waals surface area contributed by atoms with Crippen molar-refractivity contribution in [2.45, 2.75) is 33.4 Å². The summed E-state index contributed by atoms with van der Waals surface area (Å²) >= 11 is 0. The molecule has 1 N–H and O–H groups in total. The number of ether oxygens (including phenoxy) is 1. The molecular formula is C32H31N5O2. The van der Waals surface area contributed by atoms with Crippen LogP contribution >= 0.6 is 0 Å². The van der Waals surface area contributed by atoms with Crippen LogP contribution in [0.4, 0.5) is 10.5 Å². The van der Waals surface area contributed by atoms with Gasteiger partial charge in [-0.25, -0.2) is 9.48 Å². The molecule has 2 aromatic heterocycles. The zero-order valence-corrected chi connectivity index (χ0v) is 22.3. The number of anilines is 1. The molecule has 1 unspecified atom stereocenters. The Hall–Kier alpha value is -4.78. The van der Waals surface area contributed by atoms with E-state index < -0.39 is 0 Å². The Labute approximate surface area is 228 Å². The highest BCUT2D eigenvalue weighted by Crippen LogP contribution is 2.39. The number of fused-ring (bicyclic) bond motifs is 3. The Bertz CT molecular complexity index is 1600. The minimum Gasteiger partial charge on any atom is -0.494 e. The highest BCUT2D eigenvalue weighted by atomic mass is 16.5. The number of rotatable bonds is 5. The minimum absolute atomic E-state index is 0.176. The lowest BCUT2D eigenvalue weighted by molar-refractivity contribution is 0.194. The van der Waals surface area contributed by atoms with Crippen LogP contribution in [0.1, 0.15) is 41.0 Å². The minimum atomic E-state index is -0.336. The zero-order valence-electron chi connectivity index (χ0n) is 22.3. The van der Waals surface area contributed by atoms with Crippen LogP contribution in [-0.4, -0.2) is 31.9 Å². The van der Waals surface area contributed by atoms with Crippen LogP contribution in [0, 0.1) is 13.8 Å². The molecule has 39 heavy (non-hydrogen) atoms. The predicted octanol–water partition coefficient (Wildman–Crippen LogP) is 6.82. The smallest absolute Gasteiger partial charge is 0.322 e. The fourth-order valence-electron chi connectivity index (χ4n) is 5.25.